The van der Waals surface area contributed by atoms with Gasteiger partial charge in [-0.25, -0.2) is 14.1 Å². The number of esters is 1. The molecule has 0 N–H and O–H groups in total. The summed E-state index contributed by atoms with van der Waals surface area (Å²) >= 11 is 0. The second kappa shape index (κ2) is 6.28. The van der Waals surface area contributed by atoms with Gasteiger partial charge in [-0.15, -0.1) is 0 Å². The molecule has 2 saturated heterocycles. The van der Waals surface area contributed by atoms with Crippen LogP contribution in [0, 0.1) is 5.82 Å². The molecule has 7 nitrogen and oxygen atoms in total. The SMILES string of the molecule is CCn1nc(-c2ccc(F)cc2)nc1C1C(=O)OC2(CCOCC2)C1=O. The van der Waals surface area contributed by atoms with Gasteiger partial charge in [-0.3, -0.25) is 9.59 Å². The molecular formula is C18H18FN3O4. The lowest BCUT2D eigenvalue weighted by molar-refractivity contribution is -0.160. The summed E-state index contributed by atoms with van der Waals surface area (Å²) in [6.07, 6.45) is 0.721. The number of nitrogens with zero attached hydrogens (tertiary/aromatic N) is 3. The van der Waals surface area contributed by atoms with E-state index in [9.17, 15) is 14.0 Å². The largest absolute Gasteiger partial charge is 0.450 e. The highest BCUT2D eigenvalue weighted by Crippen LogP contribution is 2.40. The Hall–Kier alpha value is -2.61. The van der Waals surface area contributed by atoms with Gasteiger partial charge in [-0.1, -0.05) is 0 Å². The Morgan fingerprint density at radius 2 is 1.92 bits per heavy atom. The first kappa shape index (κ1) is 16.8. The van der Waals surface area contributed by atoms with Gasteiger partial charge < -0.3 is 9.47 Å². The first-order valence-corrected chi connectivity index (χ1v) is 8.60. The second-order valence-electron chi connectivity index (χ2n) is 6.44. The first-order valence-electron chi connectivity index (χ1n) is 8.60. The zero-order valence-corrected chi connectivity index (χ0v) is 14.3. The van der Waals surface area contributed by atoms with Crippen molar-refractivity contribution < 1.29 is 23.5 Å². The van der Waals surface area contributed by atoms with Crippen LogP contribution < -0.4 is 0 Å². The van der Waals surface area contributed by atoms with Gasteiger partial charge >= 0.3 is 5.97 Å². The minimum atomic E-state index is -1.11. The molecule has 3 heterocycles. The van der Waals surface area contributed by atoms with Crippen molar-refractivity contribution in [1.29, 1.82) is 0 Å². The number of ether oxygens (including phenoxy) is 2. The summed E-state index contributed by atoms with van der Waals surface area (Å²) in [5.74, 6) is -1.71. The van der Waals surface area contributed by atoms with E-state index < -0.39 is 17.5 Å². The first-order chi connectivity index (χ1) is 12.5. The predicted octanol–water partition coefficient (Wildman–Crippen LogP) is 1.86. The second-order valence-corrected chi connectivity index (χ2v) is 6.44. The van der Waals surface area contributed by atoms with Gasteiger partial charge in [-0.2, -0.15) is 5.10 Å². The van der Waals surface area contributed by atoms with Crippen molar-refractivity contribution in [3.8, 4) is 11.4 Å². The van der Waals surface area contributed by atoms with Gasteiger partial charge in [0.2, 0.25) is 0 Å². The summed E-state index contributed by atoms with van der Waals surface area (Å²) in [6.45, 7) is 3.05. The summed E-state index contributed by atoms with van der Waals surface area (Å²) in [5.41, 5.74) is -0.500. The van der Waals surface area contributed by atoms with E-state index in [-0.39, 0.29) is 17.4 Å². The predicted molar refractivity (Wildman–Crippen MR) is 87.7 cm³/mol. The monoisotopic (exact) mass is 359 g/mol. The van der Waals surface area contributed by atoms with E-state index in [1.807, 2.05) is 6.92 Å². The summed E-state index contributed by atoms with van der Waals surface area (Å²) in [6, 6.07) is 5.74. The standard InChI is InChI=1S/C18H18FN3O4/c1-2-22-16(20-15(21-22)11-3-5-12(19)6-4-11)13-14(23)18(26-17(13)24)7-9-25-10-8-18/h3-6,13H,2,7-10H2,1H3. The zero-order chi connectivity index (χ0) is 18.3. The van der Waals surface area contributed by atoms with Crippen LogP contribution in [0.25, 0.3) is 11.4 Å². The molecule has 4 rings (SSSR count). The normalized spacial score (nSPS) is 22.0. The molecule has 1 aromatic heterocycles. The van der Waals surface area contributed by atoms with Crippen LogP contribution in [0.4, 0.5) is 4.39 Å². The number of hydrogen-bond donors (Lipinski definition) is 0. The molecule has 1 spiro atoms. The van der Waals surface area contributed by atoms with E-state index in [0.29, 0.717) is 44.0 Å². The van der Waals surface area contributed by atoms with E-state index in [1.54, 1.807) is 12.1 Å². The van der Waals surface area contributed by atoms with Gasteiger partial charge in [0.05, 0.1) is 13.2 Å². The van der Waals surface area contributed by atoms with Crippen molar-refractivity contribution >= 4 is 11.8 Å². The molecule has 0 bridgehead atoms. The van der Waals surface area contributed by atoms with Crippen LogP contribution in [0.5, 0.6) is 0 Å². The Kier molecular flexibility index (Phi) is 4.07. The van der Waals surface area contributed by atoms with Gasteiger partial charge in [0.15, 0.2) is 23.1 Å². The fraction of sp³-hybridized carbons (Fsp3) is 0.444. The molecule has 0 radical (unpaired) electrons. The number of aryl methyl sites for hydroxylation is 1. The molecule has 2 aromatic rings. The summed E-state index contributed by atoms with van der Waals surface area (Å²) < 4.78 is 25.5. The number of rotatable bonds is 3. The lowest BCUT2D eigenvalue weighted by atomic mass is 9.85. The number of ketones is 1. The molecule has 1 atom stereocenters. The minimum Gasteiger partial charge on any atom is -0.450 e. The average molecular weight is 359 g/mol. The van der Waals surface area contributed by atoms with Crippen LogP contribution in [-0.2, 0) is 25.6 Å². The third-order valence-electron chi connectivity index (χ3n) is 4.90. The van der Waals surface area contributed by atoms with Crippen molar-refractivity contribution in [2.45, 2.75) is 37.8 Å². The highest BCUT2D eigenvalue weighted by Gasteiger charge is 2.57. The van der Waals surface area contributed by atoms with E-state index in [0.717, 1.165) is 0 Å². The Morgan fingerprint density at radius 1 is 1.23 bits per heavy atom. The molecular weight excluding hydrogens is 341 g/mol. The van der Waals surface area contributed by atoms with Crippen LogP contribution in [0.1, 0.15) is 31.5 Å². The number of carbonyl (C=O) groups excluding carboxylic acids is 2. The third-order valence-corrected chi connectivity index (χ3v) is 4.90. The lowest BCUT2D eigenvalue weighted by Gasteiger charge is -2.29. The quantitative estimate of drug-likeness (QED) is 0.614. The molecule has 8 heteroatoms. The van der Waals surface area contributed by atoms with E-state index >= 15 is 0 Å². The average Bonchev–Trinajstić information content (AvgIpc) is 3.16. The number of halogens is 1. The Bertz CT molecular complexity index is 856. The summed E-state index contributed by atoms with van der Waals surface area (Å²) in [7, 11) is 0. The van der Waals surface area contributed by atoms with Crippen molar-refractivity contribution in [3.63, 3.8) is 0 Å². The van der Waals surface area contributed by atoms with Crippen LogP contribution in [0.3, 0.4) is 0 Å². The molecule has 26 heavy (non-hydrogen) atoms. The maximum absolute atomic E-state index is 13.1. The highest BCUT2D eigenvalue weighted by molar-refractivity contribution is 6.13. The van der Waals surface area contributed by atoms with Crippen LogP contribution in [0.15, 0.2) is 24.3 Å². The fourth-order valence-corrected chi connectivity index (χ4v) is 3.47. The molecule has 2 fully saturated rings. The molecule has 1 unspecified atom stereocenters. The van der Waals surface area contributed by atoms with Gasteiger partial charge in [-0.05, 0) is 31.2 Å². The van der Waals surface area contributed by atoms with E-state index in [1.165, 1.54) is 16.8 Å². The fourth-order valence-electron chi connectivity index (χ4n) is 3.47. The number of hydrogen-bond acceptors (Lipinski definition) is 6. The Morgan fingerprint density at radius 3 is 2.58 bits per heavy atom. The number of benzene rings is 1. The maximum atomic E-state index is 13.1. The molecule has 0 amide bonds. The van der Waals surface area contributed by atoms with Crippen LogP contribution in [-0.4, -0.2) is 45.3 Å². The number of Topliss-reactive ketones (excluding diaryl/α,β-unsaturated/α-hetero) is 1. The summed E-state index contributed by atoms with van der Waals surface area (Å²) in [5, 5.41) is 4.37. The van der Waals surface area contributed by atoms with Gasteiger partial charge in [0.25, 0.3) is 0 Å². The minimum absolute atomic E-state index is 0.269. The van der Waals surface area contributed by atoms with Crippen molar-refractivity contribution in [1.82, 2.24) is 14.8 Å². The number of aromatic nitrogens is 3. The maximum Gasteiger partial charge on any atom is 0.325 e. The van der Waals surface area contributed by atoms with Crippen molar-refractivity contribution in [2.75, 3.05) is 13.2 Å². The molecule has 2 aliphatic rings. The summed E-state index contributed by atoms with van der Waals surface area (Å²) in [4.78, 5) is 29.9. The van der Waals surface area contributed by atoms with Crippen molar-refractivity contribution in [2.24, 2.45) is 0 Å². The number of carbonyl (C=O) groups is 2. The molecule has 0 saturated carbocycles. The smallest absolute Gasteiger partial charge is 0.325 e. The van der Waals surface area contributed by atoms with Gasteiger partial charge in [0, 0.05) is 24.9 Å². The zero-order valence-electron chi connectivity index (χ0n) is 14.3. The van der Waals surface area contributed by atoms with Crippen LogP contribution >= 0.6 is 0 Å². The van der Waals surface area contributed by atoms with E-state index in [2.05, 4.69) is 10.1 Å². The molecule has 2 aliphatic heterocycles. The topological polar surface area (TPSA) is 83.3 Å². The van der Waals surface area contributed by atoms with Crippen molar-refractivity contribution in [3.05, 3.63) is 35.9 Å². The molecule has 1 aromatic carbocycles. The molecule has 0 aliphatic carbocycles. The third kappa shape index (κ3) is 2.61. The Balaban J connectivity index is 1.72. The van der Waals surface area contributed by atoms with Gasteiger partial charge in [0.1, 0.15) is 11.6 Å². The lowest BCUT2D eigenvalue weighted by Crippen LogP contribution is -2.42. The Labute approximate surface area is 149 Å². The molecule has 136 valence electrons. The highest BCUT2D eigenvalue weighted by atomic mass is 19.1. The van der Waals surface area contributed by atoms with Crippen LogP contribution in [0.2, 0.25) is 0 Å². The van der Waals surface area contributed by atoms with E-state index in [4.69, 9.17) is 9.47 Å².